The van der Waals surface area contributed by atoms with Gasteiger partial charge in [-0.05, 0) is 20.8 Å². The van der Waals surface area contributed by atoms with Crippen LogP contribution in [0.5, 0.6) is 0 Å². The van der Waals surface area contributed by atoms with Crippen molar-refractivity contribution in [1.29, 1.82) is 0 Å². The van der Waals surface area contributed by atoms with E-state index in [0.717, 1.165) is 0 Å². The molecule has 1 rings (SSSR count). The van der Waals surface area contributed by atoms with Gasteiger partial charge in [0.05, 0.1) is 18.3 Å². The average Bonchev–Trinajstić information content (AvgIpc) is 2.68. The molecule has 0 spiro atoms. The van der Waals surface area contributed by atoms with Crippen LogP contribution < -0.4 is 0 Å². The third-order valence-corrected chi connectivity index (χ3v) is 2.49. The molecule has 0 aromatic carbocycles. The number of carbonyl (C=O) groups is 1. The van der Waals surface area contributed by atoms with Crippen molar-refractivity contribution in [3.63, 3.8) is 0 Å². The standard InChI is InChI=1S/C13H22O8/c1-7(15)5-19-10-9(8(16)4-14)21-12(17)11(10)20-6-13(2,3)18/h7-9,14-16,18H,4-6H2,1-3H3/t7?,8-,9+/m0/s1. The molecule has 0 saturated heterocycles. The van der Waals surface area contributed by atoms with Crippen molar-refractivity contribution in [1.82, 2.24) is 0 Å². The van der Waals surface area contributed by atoms with Crippen LogP contribution in [-0.4, -0.2) is 70.1 Å². The van der Waals surface area contributed by atoms with Crippen molar-refractivity contribution in [3.8, 4) is 0 Å². The predicted molar refractivity (Wildman–Crippen MR) is 69.9 cm³/mol. The Labute approximate surface area is 122 Å². The summed E-state index contributed by atoms with van der Waals surface area (Å²) >= 11 is 0. The number of carbonyl (C=O) groups excluding carboxylic acids is 1. The van der Waals surface area contributed by atoms with Gasteiger partial charge in [0, 0.05) is 0 Å². The second-order valence-corrected chi connectivity index (χ2v) is 5.53. The number of hydrogen-bond donors (Lipinski definition) is 4. The van der Waals surface area contributed by atoms with Gasteiger partial charge in [0.15, 0.2) is 11.9 Å². The highest BCUT2D eigenvalue weighted by molar-refractivity contribution is 5.89. The summed E-state index contributed by atoms with van der Waals surface area (Å²) in [6.45, 7) is 3.48. The number of ether oxygens (including phenoxy) is 3. The Morgan fingerprint density at radius 2 is 1.95 bits per heavy atom. The molecular formula is C13H22O8. The van der Waals surface area contributed by atoms with E-state index in [9.17, 15) is 20.1 Å². The van der Waals surface area contributed by atoms with E-state index < -0.39 is 36.5 Å². The van der Waals surface area contributed by atoms with Gasteiger partial charge in [-0.25, -0.2) is 4.79 Å². The first-order valence-corrected chi connectivity index (χ1v) is 6.56. The molecule has 8 nitrogen and oxygen atoms in total. The van der Waals surface area contributed by atoms with Crippen molar-refractivity contribution in [2.75, 3.05) is 19.8 Å². The summed E-state index contributed by atoms with van der Waals surface area (Å²) in [6, 6.07) is 0. The van der Waals surface area contributed by atoms with E-state index in [4.69, 9.17) is 19.3 Å². The molecule has 0 amide bonds. The second kappa shape index (κ2) is 7.08. The van der Waals surface area contributed by atoms with Crippen LogP contribution in [0.4, 0.5) is 0 Å². The number of rotatable bonds is 8. The van der Waals surface area contributed by atoms with Gasteiger partial charge in [-0.3, -0.25) is 0 Å². The van der Waals surface area contributed by atoms with Gasteiger partial charge in [0.1, 0.15) is 19.3 Å². The monoisotopic (exact) mass is 306 g/mol. The summed E-state index contributed by atoms with van der Waals surface area (Å²) in [6.07, 6.45) is -3.39. The van der Waals surface area contributed by atoms with E-state index in [1.165, 1.54) is 20.8 Å². The highest BCUT2D eigenvalue weighted by atomic mass is 16.6. The van der Waals surface area contributed by atoms with Gasteiger partial charge >= 0.3 is 5.97 Å². The third kappa shape index (κ3) is 5.16. The lowest BCUT2D eigenvalue weighted by Crippen LogP contribution is -2.33. The van der Waals surface area contributed by atoms with Gasteiger partial charge in [-0.15, -0.1) is 0 Å². The zero-order valence-corrected chi connectivity index (χ0v) is 12.3. The molecule has 0 saturated carbocycles. The smallest absolute Gasteiger partial charge is 0.378 e. The Balaban J connectivity index is 2.94. The highest BCUT2D eigenvalue weighted by Crippen LogP contribution is 2.28. The maximum Gasteiger partial charge on any atom is 0.378 e. The number of esters is 1. The number of hydrogen-bond acceptors (Lipinski definition) is 8. The van der Waals surface area contributed by atoms with Gasteiger partial charge in [0.2, 0.25) is 5.76 Å². The average molecular weight is 306 g/mol. The number of aliphatic hydroxyl groups is 4. The topological polar surface area (TPSA) is 126 Å². The van der Waals surface area contributed by atoms with Crippen LogP contribution in [0.1, 0.15) is 20.8 Å². The fraction of sp³-hybridized carbons (Fsp3) is 0.769. The van der Waals surface area contributed by atoms with Crippen LogP contribution in [0.15, 0.2) is 11.5 Å². The molecule has 21 heavy (non-hydrogen) atoms. The lowest BCUT2D eigenvalue weighted by atomic mass is 10.1. The van der Waals surface area contributed by atoms with Gasteiger partial charge in [-0.2, -0.15) is 0 Å². The largest absolute Gasteiger partial charge is 0.487 e. The maximum absolute atomic E-state index is 11.8. The molecule has 0 aliphatic carbocycles. The van der Waals surface area contributed by atoms with Crippen molar-refractivity contribution in [3.05, 3.63) is 11.5 Å². The SMILES string of the molecule is CC(O)COC1=C(OCC(C)(C)O)C(=O)O[C@@H]1[C@@H](O)CO. The second-order valence-electron chi connectivity index (χ2n) is 5.53. The van der Waals surface area contributed by atoms with Crippen LogP contribution in [0.3, 0.4) is 0 Å². The Hall–Kier alpha value is -1.35. The summed E-state index contributed by atoms with van der Waals surface area (Å²) in [4.78, 5) is 11.8. The third-order valence-electron chi connectivity index (χ3n) is 2.49. The minimum atomic E-state index is -1.37. The van der Waals surface area contributed by atoms with Crippen LogP contribution in [0.2, 0.25) is 0 Å². The molecule has 1 unspecified atom stereocenters. The lowest BCUT2D eigenvalue weighted by molar-refractivity contribution is -0.149. The molecule has 4 N–H and O–H groups in total. The first-order chi connectivity index (χ1) is 9.65. The zero-order chi connectivity index (χ0) is 16.2. The molecule has 0 aromatic rings. The molecule has 1 aliphatic heterocycles. The molecule has 8 heteroatoms. The van der Waals surface area contributed by atoms with Crippen LogP contribution in [0.25, 0.3) is 0 Å². The van der Waals surface area contributed by atoms with Gasteiger partial charge < -0.3 is 34.6 Å². The first kappa shape index (κ1) is 17.7. The molecule has 0 bridgehead atoms. The maximum atomic E-state index is 11.8. The van der Waals surface area contributed by atoms with E-state index in [1.54, 1.807) is 0 Å². The predicted octanol–water partition coefficient (Wildman–Crippen LogP) is -1.34. The van der Waals surface area contributed by atoms with E-state index in [0.29, 0.717) is 0 Å². The summed E-state index contributed by atoms with van der Waals surface area (Å²) in [5, 5.41) is 37.5. The molecular weight excluding hydrogens is 284 g/mol. The quantitative estimate of drug-likeness (QED) is 0.406. The first-order valence-electron chi connectivity index (χ1n) is 6.56. The fourth-order valence-electron chi connectivity index (χ4n) is 1.54. The Morgan fingerprint density at radius 3 is 2.43 bits per heavy atom. The fourth-order valence-corrected chi connectivity index (χ4v) is 1.54. The Morgan fingerprint density at radius 1 is 1.33 bits per heavy atom. The van der Waals surface area contributed by atoms with E-state index in [1.807, 2.05) is 0 Å². The minimum Gasteiger partial charge on any atom is -0.487 e. The minimum absolute atomic E-state index is 0.105. The van der Waals surface area contributed by atoms with Gasteiger partial charge in [-0.1, -0.05) is 0 Å². The summed E-state index contributed by atoms with van der Waals surface area (Å²) < 4.78 is 15.4. The van der Waals surface area contributed by atoms with Crippen LogP contribution in [0, 0.1) is 0 Å². The number of aliphatic hydroxyl groups excluding tert-OH is 3. The Bertz CT molecular complexity index is 395. The van der Waals surface area contributed by atoms with E-state index in [-0.39, 0.29) is 24.7 Å². The Kier molecular flexibility index (Phi) is 5.97. The van der Waals surface area contributed by atoms with E-state index in [2.05, 4.69) is 0 Å². The molecule has 3 atom stereocenters. The van der Waals surface area contributed by atoms with E-state index >= 15 is 0 Å². The molecule has 1 aliphatic rings. The summed E-state index contributed by atoms with van der Waals surface area (Å²) in [5.41, 5.74) is -1.18. The van der Waals surface area contributed by atoms with Crippen molar-refractivity contribution in [2.45, 2.75) is 44.7 Å². The van der Waals surface area contributed by atoms with Gasteiger partial charge in [0.25, 0.3) is 0 Å². The van der Waals surface area contributed by atoms with Crippen molar-refractivity contribution >= 4 is 5.97 Å². The molecule has 122 valence electrons. The summed E-state index contributed by atoms with van der Waals surface area (Å²) in [5.74, 6) is -1.25. The molecule has 1 heterocycles. The molecule has 0 aromatic heterocycles. The van der Waals surface area contributed by atoms with Crippen molar-refractivity contribution < 1.29 is 39.4 Å². The lowest BCUT2D eigenvalue weighted by Gasteiger charge is -2.20. The summed E-state index contributed by atoms with van der Waals surface area (Å²) in [7, 11) is 0. The number of cyclic esters (lactones) is 1. The normalized spacial score (nSPS) is 22.0. The van der Waals surface area contributed by atoms with Crippen LogP contribution >= 0.6 is 0 Å². The highest BCUT2D eigenvalue weighted by Gasteiger charge is 2.42. The molecule has 0 fully saturated rings. The molecule has 0 radical (unpaired) electrons. The van der Waals surface area contributed by atoms with Crippen molar-refractivity contribution in [2.24, 2.45) is 0 Å². The van der Waals surface area contributed by atoms with Crippen LogP contribution in [-0.2, 0) is 19.0 Å². The zero-order valence-electron chi connectivity index (χ0n) is 12.3.